The summed E-state index contributed by atoms with van der Waals surface area (Å²) in [7, 11) is 0. The van der Waals surface area contributed by atoms with Crippen molar-refractivity contribution >= 4 is 21.6 Å². The highest BCUT2D eigenvalue weighted by molar-refractivity contribution is 9.10. The minimum atomic E-state index is -0.120. The van der Waals surface area contributed by atoms with E-state index in [1.807, 2.05) is 12.1 Å². The number of nitriles is 1. The molecule has 1 atom stereocenters. The van der Waals surface area contributed by atoms with Gasteiger partial charge in [0, 0.05) is 10.2 Å². The van der Waals surface area contributed by atoms with Gasteiger partial charge in [0.1, 0.15) is 5.82 Å². The minimum Gasteiger partial charge on any atom is -0.377 e. The molecule has 0 spiro atoms. The van der Waals surface area contributed by atoms with Gasteiger partial charge in [-0.3, -0.25) is 0 Å². The average Bonchev–Trinajstić information content (AvgIpc) is 2.86. The standard InChI is InChI=1S/C16H12BrFN2/c17-13-8-10(9-19)4-6-16(13)20-15-7-5-11-12(15)2-1-3-14(11)18/h1-4,6,8,15,20H,5,7H2. The van der Waals surface area contributed by atoms with Gasteiger partial charge in [0.25, 0.3) is 0 Å². The summed E-state index contributed by atoms with van der Waals surface area (Å²) >= 11 is 3.46. The molecule has 2 nitrogen and oxygen atoms in total. The molecule has 0 aromatic heterocycles. The van der Waals surface area contributed by atoms with Gasteiger partial charge >= 0.3 is 0 Å². The monoisotopic (exact) mass is 330 g/mol. The largest absolute Gasteiger partial charge is 0.377 e. The Labute approximate surface area is 125 Å². The first-order valence-electron chi connectivity index (χ1n) is 6.42. The van der Waals surface area contributed by atoms with E-state index in [4.69, 9.17) is 5.26 Å². The van der Waals surface area contributed by atoms with E-state index < -0.39 is 0 Å². The maximum Gasteiger partial charge on any atom is 0.126 e. The third kappa shape index (κ3) is 2.30. The Kier molecular flexibility index (Phi) is 3.45. The average molecular weight is 331 g/mol. The number of nitrogens with one attached hydrogen (secondary N) is 1. The minimum absolute atomic E-state index is 0.116. The van der Waals surface area contributed by atoms with E-state index in [1.165, 1.54) is 6.07 Å². The number of halogens is 2. The van der Waals surface area contributed by atoms with Crippen molar-refractivity contribution in [3.8, 4) is 6.07 Å². The van der Waals surface area contributed by atoms with Crippen LogP contribution in [0.25, 0.3) is 0 Å². The van der Waals surface area contributed by atoms with Crippen molar-refractivity contribution in [2.75, 3.05) is 5.32 Å². The number of hydrogen-bond acceptors (Lipinski definition) is 2. The van der Waals surface area contributed by atoms with Gasteiger partial charge in [0.05, 0.1) is 17.7 Å². The SMILES string of the molecule is N#Cc1ccc(NC2CCc3c(F)cccc32)c(Br)c1. The van der Waals surface area contributed by atoms with Crippen LogP contribution in [-0.2, 0) is 6.42 Å². The Hall–Kier alpha value is -1.86. The lowest BCUT2D eigenvalue weighted by atomic mass is 10.1. The molecule has 0 saturated heterocycles. The second kappa shape index (κ2) is 5.26. The molecule has 0 aliphatic heterocycles. The summed E-state index contributed by atoms with van der Waals surface area (Å²) in [5.41, 5.74) is 3.38. The molecule has 1 N–H and O–H groups in total. The molecule has 4 heteroatoms. The molecule has 0 fully saturated rings. The molecule has 0 amide bonds. The third-order valence-electron chi connectivity index (χ3n) is 3.64. The Balaban J connectivity index is 1.88. The number of rotatable bonds is 2. The zero-order valence-corrected chi connectivity index (χ0v) is 12.2. The Morgan fingerprint density at radius 2 is 2.15 bits per heavy atom. The van der Waals surface area contributed by atoms with Gasteiger partial charge in [-0.25, -0.2) is 4.39 Å². The van der Waals surface area contributed by atoms with Crippen LogP contribution in [0.1, 0.15) is 29.2 Å². The maximum absolute atomic E-state index is 13.7. The fourth-order valence-electron chi connectivity index (χ4n) is 2.65. The Morgan fingerprint density at radius 1 is 1.30 bits per heavy atom. The van der Waals surface area contributed by atoms with Gasteiger partial charge in [-0.15, -0.1) is 0 Å². The van der Waals surface area contributed by atoms with Gasteiger partial charge < -0.3 is 5.32 Å². The highest BCUT2D eigenvalue weighted by Crippen LogP contribution is 2.36. The van der Waals surface area contributed by atoms with E-state index in [1.54, 1.807) is 18.2 Å². The van der Waals surface area contributed by atoms with E-state index in [0.717, 1.165) is 34.1 Å². The molecule has 0 heterocycles. The zero-order chi connectivity index (χ0) is 14.1. The summed E-state index contributed by atoms with van der Waals surface area (Å²) in [5, 5.41) is 12.3. The van der Waals surface area contributed by atoms with Crippen molar-refractivity contribution in [2.45, 2.75) is 18.9 Å². The predicted octanol–water partition coefficient (Wildman–Crippen LogP) is 4.56. The summed E-state index contributed by atoms with van der Waals surface area (Å²) < 4.78 is 14.6. The molecule has 0 saturated carbocycles. The van der Waals surface area contributed by atoms with Crippen LogP contribution < -0.4 is 5.32 Å². The van der Waals surface area contributed by atoms with Crippen molar-refractivity contribution in [3.05, 3.63) is 63.4 Å². The second-order valence-corrected chi connectivity index (χ2v) is 5.70. The number of benzene rings is 2. The van der Waals surface area contributed by atoms with Gasteiger partial charge in [0.15, 0.2) is 0 Å². The molecule has 3 rings (SSSR count). The molecule has 0 radical (unpaired) electrons. The molecule has 2 aromatic rings. The summed E-state index contributed by atoms with van der Waals surface area (Å²) in [5.74, 6) is -0.120. The first kappa shape index (κ1) is 13.1. The van der Waals surface area contributed by atoms with Gasteiger partial charge in [-0.1, -0.05) is 12.1 Å². The van der Waals surface area contributed by atoms with Crippen LogP contribution in [0.15, 0.2) is 40.9 Å². The number of anilines is 1. The fourth-order valence-corrected chi connectivity index (χ4v) is 3.14. The lowest BCUT2D eigenvalue weighted by Gasteiger charge is -2.17. The number of fused-ring (bicyclic) bond motifs is 1. The van der Waals surface area contributed by atoms with E-state index >= 15 is 0 Å². The zero-order valence-electron chi connectivity index (χ0n) is 10.7. The van der Waals surface area contributed by atoms with Crippen molar-refractivity contribution in [1.82, 2.24) is 0 Å². The normalized spacial score (nSPS) is 16.6. The van der Waals surface area contributed by atoms with Crippen LogP contribution >= 0.6 is 15.9 Å². The topological polar surface area (TPSA) is 35.8 Å². The second-order valence-electron chi connectivity index (χ2n) is 4.85. The van der Waals surface area contributed by atoms with E-state index in [2.05, 4.69) is 27.3 Å². The maximum atomic E-state index is 13.7. The van der Waals surface area contributed by atoms with Gasteiger partial charge in [0.2, 0.25) is 0 Å². The molecule has 0 bridgehead atoms. The van der Waals surface area contributed by atoms with Crippen molar-refractivity contribution < 1.29 is 4.39 Å². The molecule has 2 aromatic carbocycles. The lowest BCUT2D eigenvalue weighted by molar-refractivity contribution is 0.612. The van der Waals surface area contributed by atoms with E-state index in [9.17, 15) is 4.39 Å². The molecular formula is C16H12BrFN2. The summed E-state index contributed by atoms with van der Waals surface area (Å²) in [4.78, 5) is 0. The van der Waals surface area contributed by atoms with Gasteiger partial charge in [-0.05, 0) is 64.2 Å². The van der Waals surface area contributed by atoms with Crippen molar-refractivity contribution in [1.29, 1.82) is 5.26 Å². The predicted molar refractivity (Wildman–Crippen MR) is 79.9 cm³/mol. The Morgan fingerprint density at radius 3 is 2.90 bits per heavy atom. The fraction of sp³-hybridized carbons (Fsp3) is 0.188. The van der Waals surface area contributed by atoms with Crippen molar-refractivity contribution in [3.63, 3.8) is 0 Å². The van der Waals surface area contributed by atoms with Crippen molar-refractivity contribution in [2.24, 2.45) is 0 Å². The molecule has 20 heavy (non-hydrogen) atoms. The van der Waals surface area contributed by atoms with Crippen LogP contribution in [0.2, 0.25) is 0 Å². The molecule has 1 aliphatic carbocycles. The third-order valence-corrected chi connectivity index (χ3v) is 4.30. The van der Waals surface area contributed by atoms with Crippen LogP contribution in [0, 0.1) is 17.1 Å². The first-order chi connectivity index (χ1) is 9.69. The molecule has 100 valence electrons. The smallest absolute Gasteiger partial charge is 0.126 e. The quantitative estimate of drug-likeness (QED) is 0.876. The molecular weight excluding hydrogens is 319 g/mol. The molecule has 1 aliphatic rings. The van der Waals surface area contributed by atoms with Crippen LogP contribution in [-0.4, -0.2) is 0 Å². The summed E-state index contributed by atoms with van der Waals surface area (Å²) in [6.45, 7) is 0. The van der Waals surface area contributed by atoms with Crippen LogP contribution in [0.3, 0.4) is 0 Å². The number of nitrogens with zero attached hydrogens (tertiary/aromatic N) is 1. The van der Waals surface area contributed by atoms with E-state index in [-0.39, 0.29) is 11.9 Å². The lowest BCUT2D eigenvalue weighted by Crippen LogP contribution is -2.07. The van der Waals surface area contributed by atoms with Crippen LogP contribution in [0.5, 0.6) is 0 Å². The Bertz CT molecular complexity index is 706. The first-order valence-corrected chi connectivity index (χ1v) is 7.22. The summed E-state index contributed by atoms with van der Waals surface area (Å²) in [6, 6.07) is 12.9. The summed E-state index contributed by atoms with van der Waals surface area (Å²) in [6.07, 6.45) is 1.64. The highest BCUT2D eigenvalue weighted by atomic mass is 79.9. The van der Waals surface area contributed by atoms with Gasteiger partial charge in [-0.2, -0.15) is 5.26 Å². The molecule has 1 unspecified atom stereocenters. The number of hydrogen-bond donors (Lipinski definition) is 1. The highest BCUT2D eigenvalue weighted by Gasteiger charge is 2.25. The van der Waals surface area contributed by atoms with Crippen LogP contribution in [0.4, 0.5) is 10.1 Å². The van der Waals surface area contributed by atoms with E-state index in [0.29, 0.717) is 5.56 Å².